The topological polar surface area (TPSA) is 141 Å². The van der Waals surface area contributed by atoms with E-state index < -0.39 is 36.8 Å². The van der Waals surface area contributed by atoms with Gasteiger partial charge in [0.2, 0.25) is 0 Å². The van der Waals surface area contributed by atoms with Crippen LogP contribution in [0.5, 0.6) is 0 Å². The van der Waals surface area contributed by atoms with Crippen molar-refractivity contribution < 1.29 is 40.3 Å². The molecular formula is C54H72N3O7S2+. The van der Waals surface area contributed by atoms with Crippen molar-refractivity contribution in [1.29, 1.82) is 0 Å². The van der Waals surface area contributed by atoms with Gasteiger partial charge in [0.1, 0.15) is 10.1 Å². The number of hydrogen-bond donors (Lipinski definition) is 2. The van der Waals surface area contributed by atoms with Crippen LogP contribution in [-0.2, 0) is 42.0 Å². The Morgan fingerprint density at radius 1 is 0.788 bits per heavy atom. The van der Waals surface area contributed by atoms with E-state index in [0.29, 0.717) is 11.3 Å². The molecule has 1 unspecified atom stereocenters. The van der Waals surface area contributed by atoms with Crippen LogP contribution in [0, 0.1) is 0 Å². The second-order valence-corrected chi connectivity index (χ2v) is 25.2. The minimum Gasteiger partial charge on any atom is -0.744 e. The predicted molar refractivity (Wildman–Crippen MR) is 266 cm³/mol. The normalized spacial score (nSPS) is 19.8. The van der Waals surface area contributed by atoms with Crippen molar-refractivity contribution in [3.8, 4) is 0 Å². The summed E-state index contributed by atoms with van der Waals surface area (Å²) in [6.45, 7) is 10.6. The van der Waals surface area contributed by atoms with E-state index >= 15 is 0 Å². The first kappa shape index (κ1) is 50.8. The van der Waals surface area contributed by atoms with E-state index in [0.717, 1.165) is 123 Å². The van der Waals surface area contributed by atoms with Crippen LogP contribution in [0.3, 0.4) is 0 Å². The molecule has 0 bridgehead atoms. The van der Waals surface area contributed by atoms with Crippen LogP contribution in [0.25, 0.3) is 5.57 Å². The van der Waals surface area contributed by atoms with E-state index in [9.17, 15) is 31.3 Å². The number of carbonyl (C=O) groups is 1. The van der Waals surface area contributed by atoms with Crippen LogP contribution in [0.15, 0.2) is 123 Å². The number of nitrogens with zero attached hydrogens (tertiary/aromatic N) is 2. The number of rotatable bonds is 18. The zero-order valence-corrected chi connectivity index (χ0v) is 42.7. The van der Waals surface area contributed by atoms with E-state index in [1.165, 1.54) is 23.5 Å². The summed E-state index contributed by atoms with van der Waals surface area (Å²) in [5.74, 6) is -0.708. The minimum atomic E-state index is -4.65. The summed E-state index contributed by atoms with van der Waals surface area (Å²) >= 11 is 0. The number of carboxylic acid groups (broad SMARTS) is 1. The number of allylic oxidation sites excluding steroid dienone is 9. The Balaban J connectivity index is 1.48. The van der Waals surface area contributed by atoms with Crippen LogP contribution < -0.4 is 5.32 Å². The molecule has 6 rings (SSSR count). The molecule has 3 aromatic carbocycles. The summed E-state index contributed by atoms with van der Waals surface area (Å²) in [7, 11) is 5.09. The number of aliphatic carboxylic acids is 1. The third-order valence-electron chi connectivity index (χ3n) is 13.8. The summed E-state index contributed by atoms with van der Waals surface area (Å²) in [5.41, 5.74) is 11.7. The number of benzene rings is 3. The maximum Gasteiger partial charge on any atom is 0.303 e. The second kappa shape index (κ2) is 19.2. The molecule has 2 N–H and O–H groups in total. The smallest absolute Gasteiger partial charge is 0.303 e. The fourth-order valence-electron chi connectivity index (χ4n) is 10.2. The van der Waals surface area contributed by atoms with E-state index in [1.807, 2.05) is 42.5 Å². The van der Waals surface area contributed by atoms with Gasteiger partial charge in [-0.3, -0.25) is 4.79 Å². The number of sulfone groups is 1. The molecule has 0 amide bonds. The molecule has 3 aromatic rings. The molecule has 12 heteroatoms. The Morgan fingerprint density at radius 2 is 1.42 bits per heavy atom. The molecule has 3 aliphatic rings. The maximum absolute atomic E-state index is 12.8. The van der Waals surface area contributed by atoms with E-state index in [4.69, 9.17) is 0 Å². The van der Waals surface area contributed by atoms with E-state index in [1.54, 1.807) is 12.1 Å². The molecule has 66 heavy (non-hydrogen) atoms. The Hall–Kier alpha value is -4.59. The lowest BCUT2D eigenvalue weighted by atomic mass is 9.79. The first-order valence-corrected chi connectivity index (χ1v) is 26.6. The number of hydrogen-bond acceptors (Lipinski definition) is 7. The van der Waals surface area contributed by atoms with Crippen LogP contribution in [0.2, 0.25) is 0 Å². The molecule has 0 aliphatic heterocycles. The van der Waals surface area contributed by atoms with Gasteiger partial charge < -0.3 is 23.9 Å². The van der Waals surface area contributed by atoms with Gasteiger partial charge in [0.05, 0.1) is 65.2 Å². The van der Waals surface area contributed by atoms with E-state index in [-0.39, 0.29) is 17.2 Å². The summed E-state index contributed by atoms with van der Waals surface area (Å²) in [5, 5.41) is 13.1. The molecule has 0 saturated heterocycles. The molecule has 3 aliphatic carbocycles. The fourth-order valence-corrected chi connectivity index (χ4v) is 11.3. The van der Waals surface area contributed by atoms with Gasteiger partial charge in [0, 0.05) is 47.2 Å². The molecular weight excluding hydrogens is 867 g/mol. The SMILES string of the molecule is CC1(C)C(/C=C/C2=C(Nc3ccc(CCC(=O)O)cc3)C(=C/C=C3/C(CCC[N+](C)(C)C)c4ccc(S(C)(=O)=O)cc4C3(C)C)/CCC2)=C(CCC[N+](C)(C)C)c2ccc(S(=O)(=O)[O-])cc21. The van der Waals surface area contributed by atoms with Crippen LogP contribution in [-0.4, -0.2) is 103 Å². The summed E-state index contributed by atoms with van der Waals surface area (Å²) in [6, 6.07) is 18.5. The van der Waals surface area contributed by atoms with Crippen molar-refractivity contribution in [2.75, 3.05) is 66.9 Å². The van der Waals surface area contributed by atoms with E-state index in [2.05, 4.69) is 99.6 Å². The highest BCUT2D eigenvalue weighted by Crippen LogP contribution is 2.53. The summed E-state index contributed by atoms with van der Waals surface area (Å²) in [6.07, 6.45) is 17.0. The molecule has 0 aromatic heterocycles. The molecule has 0 fully saturated rings. The third kappa shape index (κ3) is 11.9. The summed E-state index contributed by atoms with van der Waals surface area (Å²) < 4.78 is 64.0. The number of quaternary nitrogens is 2. The van der Waals surface area contributed by atoms with Crippen molar-refractivity contribution in [1.82, 2.24) is 0 Å². The molecule has 0 heterocycles. The average molecular weight is 939 g/mol. The first-order valence-electron chi connectivity index (χ1n) is 23.3. The molecule has 0 spiro atoms. The monoisotopic (exact) mass is 938 g/mol. The zero-order chi connectivity index (χ0) is 48.6. The zero-order valence-electron chi connectivity index (χ0n) is 41.0. The fraction of sp³-hybridized carbons (Fsp3) is 0.463. The number of anilines is 1. The van der Waals surface area contributed by atoms with Gasteiger partial charge in [0.15, 0.2) is 9.84 Å². The van der Waals surface area contributed by atoms with Crippen LogP contribution in [0.4, 0.5) is 5.69 Å². The van der Waals surface area contributed by atoms with Gasteiger partial charge in [-0.25, -0.2) is 16.8 Å². The molecule has 356 valence electrons. The highest BCUT2D eigenvalue weighted by atomic mass is 32.2. The van der Waals surface area contributed by atoms with Gasteiger partial charge in [-0.15, -0.1) is 0 Å². The van der Waals surface area contributed by atoms with Crippen molar-refractivity contribution in [2.45, 2.75) is 112 Å². The minimum absolute atomic E-state index is 0.0575. The Bertz CT molecular complexity index is 2740. The van der Waals surface area contributed by atoms with Crippen molar-refractivity contribution >= 4 is 37.2 Å². The lowest BCUT2D eigenvalue weighted by molar-refractivity contribution is -0.870. The number of fused-ring (bicyclic) bond motifs is 2. The van der Waals surface area contributed by atoms with Gasteiger partial charge in [-0.05, 0) is 131 Å². The van der Waals surface area contributed by atoms with Crippen molar-refractivity contribution in [3.63, 3.8) is 0 Å². The highest BCUT2D eigenvalue weighted by Gasteiger charge is 2.42. The Labute approximate surface area is 395 Å². The number of carboxylic acids is 1. The van der Waals surface area contributed by atoms with Crippen molar-refractivity contribution in [2.24, 2.45) is 0 Å². The van der Waals surface area contributed by atoms with Gasteiger partial charge in [-0.1, -0.05) is 81.8 Å². The molecule has 1 atom stereocenters. The number of nitrogens with one attached hydrogen (secondary N) is 1. The van der Waals surface area contributed by atoms with Crippen molar-refractivity contribution in [3.05, 3.63) is 141 Å². The molecule has 10 nitrogen and oxygen atoms in total. The average Bonchev–Trinajstić information content (AvgIpc) is 3.55. The molecule has 0 radical (unpaired) electrons. The Kier molecular flexibility index (Phi) is 14.8. The molecule has 0 saturated carbocycles. The predicted octanol–water partition coefficient (Wildman–Crippen LogP) is 10.1. The quantitative estimate of drug-likeness (QED) is 0.0949. The van der Waals surface area contributed by atoms with Gasteiger partial charge in [-0.2, -0.15) is 0 Å². The standard InChI is InChI=1S/C54H71N3O7S2/c1-53(2)47(43(17-13-33-56(5,6)7)45-28-26-41(35-49(45)53)65(11,60)61)30-22-38-15-12-16-39(52(38)55-40-24-19-37(20-25-40)21-32-51(58)59)23-31-48-44(18-14-34-57(8,9)10)46-29-27-42(66(62,63)64)36-50(46)54(48,3)4/h19-20,22-31,35-36,43,55H,12-18,21,32-34H2,1-11H3/p+1/b31-23+,38-22+,47-30-. The number of aryl methyl sites for hydroxylation is 1. The highest BCUT2D eigenvalue weighted by molar-refractivity contribution is 7.90. The maximum atomic E-state index is 12.8. The lowest BCUT2D eigenvalue weighted by Crippen LogP contribution is -2.35. The Morgan fingerprint density at radius 3 is 2.05 bits per heavy atom. The van der Waals surface area contributed by atoms with Gasteiger partial charge >= 0.3 is 5.97 Å². The van der Waals surface area contributed by atoms with Gasteiger partial charge in [0.25, 0.3) is 0 Å². The lowest BCUT2D eigenvalue weighted by Gasteiger charge is -2.27. The largest absolute Gasteiger partial charge is 0.744 e. The second-order valence-electron chi connectivity index (χ2n) is 21.8. The first-order chi connectivity index (χ1) is 30.6. The third-order valence-corrected chi connectivity index (χ3v) is 15.7. The van der Waals surface area contributed by atoms with Crippen LogP contribution >= 0.6 is 0 Å². The summed E-state index contributed by atoms with van der Waals surface area (Å²) in [4.78, 5) is 11.4. The van der Waals surface area contributed by atoms with Crippen LogP contribution in [0.1, 0.15) is 113 Å².